The van der Waals surface area contributed by atoms with Gasteiger partial charge >= 0.3 is 0 Å². The van der Waals surface area contributed by atoms with Crippen molar-refractivity contribution in [3.8, 4) is 11.1 Å². The van der Waals surface area contributed by atoms with Crippen LogP contribution in [0.3, 0.4) is 0 Å². The van der Waals surface area contributed by atoms with Crippen molar-refractivity contribution < 1.29 is 8.83 Å². The van der Waals surface area contributed by atoms with Gasteiger partial charge in [-0.15, -0.1) is 0 Å². The second-order valence-corrected chi connectivity index (χ2v) is 6.77. The molecule has 0 aliphatic carbocycles. The molecule has 4 aromatic rings. The predicted octanol–water partition coefficient (Wildman–Crippen LogP) is 5.35. The van der Waals surface area contributed by atoms with Gasteiger partial charge in [0.1, 0.15) is 5.76 Å². The first-order valence-electron chi connectivity index (χ1n) is 8.93. The average molecular weight is 387 g/mol. The molecule has 0 radical (unpaired) electrons. The molecule has 2 aromatic heterocycles. The van der Waals surface area contributed by atoms with Crippen molar-refractivity contribution in [2.75, 3.05) is 9.91 Å². The Morgan fingerprint density at radius 3 is 2.25 bits per heavy atom. The lowest BCUT2D eigenvalue weighted by molar-refractivity contribution is 0.442. The Bertz CT molecular complexity index is 1080. The molecule has 6 heteroatoms. The quantitative estimate of drug-likeness (QED) is 0.476. The summed E-state index contributed by atoms with van der Waals surface area (Å²) in [5.41, 5.74) is 6.30. The van der Waals surface area contributed by atoms with Gasteiger partial charge in [-0.3, -0.25) is 10.3 Å². The average Bonchev–Trinajstić information content (AvgIpc) is 3.48. The van der Waals surface area contributed by atoms with E-state index in [1.807, 2.05) is 76.6 Å². The summed E-state index contributed by atoms with van der Waals surface area (Å²) < 4.78 is 11.7. The van der Waals surface area contributed by atoms with E-state index in [0.29, 0.717) is 11.0 Å². The smallest absolute Gasteiger partial charge is 0.224 e. The molecule has 1 unspecified atom stereocenters. The van der Waals surface area contributed by atoms with Crippen LogP contribution in [0.5, 0.6) is 0 Å². The lowest BCUT2D eigenvalue weighted by Gasteiger charge is -2.27. The molecular weight excluding hydrogens is 370 g/mol. The van der Waals surface area contributed by atoms with Crippen LogP contribution in [0, 0.1) is 0 Å². The van der Waals surface area contributed by atoms with Crippen LogP contribution in [-0.2, 0) is 0 Å². The molecule has 0 amide bonds. The van der Waals surface area contributed by atoms with Crippen LogP contribution in [0.2, 0.25) is 0 Å². The minimum absolute atomic E-state index is 0.321. The minimum Gasteiger partial charge on any atom is -0.465 e. The van der Waals surface area contributed by atoms with Gasteiger partial charge in [0.25, 0.3) is 0 Å². The third-order valence-corrected chi connectivity index (χ3v) is 4.99. The number of hydrogen-bond acceptors (Lipinski definition) is 4. The summed E-state index contributed by atoms with van der Waals surface area (Å²) in [6.07, 6.45) is 3.03. The van der Waals surface area contributed by atoms with Crippen molar-refractivity contribution in [3.05, 3.63) is 97.1 Å². The topological polar surface area (TPSA) is 44.8 Å². The number of furan rings is 2. The minimum atomic E-state index is -0.321. The van der Waals surface area contributed by atoms with Gasteiger partial charge in [-0.05, 0) is 48.1 Å². The van der Waals surface area contributed by atoms with Gasteiger partial charge < -0.3 is 8.83 Å². The van der Waals surface area contributed by atoms with E-state index in [0.717, 1.165) is 22.6 Å². The summed E-state index contributed by atoms with van der Waals surface area (Å²) >= 11 is 5.67. The maximum absolute atomic E-state index is 5.90. The Labute approximate surface area is 167 Å². The van der Waals surface area contributed by atoms with E-state index < -0.39 is 0 Å². The number of thiocarbonyl (C=S) groups is 1. The molecule has 5 nitrogen and oxygen atoms in total. The van der Waals surface area contributed by atoms with Gasteiger partial charge in [-0.1, -0.05) is 48.5 Å². The number of anilines is 2. The highest BCUT2D eigenvalue weighted by molar-refractivity contribution is 7.80. The highest BCUT2D eigenvalue weighted by Gasteiger charge is 2.41. The molecule has 28 heavy (non-hydrogen) atoms. The Hall–Kier alpha value is -3.51. The maximum atomic E-state index is 5.90. The van der Waals surface area contributed by atoms with Gasteiger partial charge in [0.15, 0.2) is 11.3 Å². The molecule has 138 valence electrons. The summed E-state index contributed by atoms with van der Waals surface area (Å²) in [7, 11) is 0. The Kier molecular flexibility index (Phi) is 4.10. The summed E-state index contributed by atoms with van der Waals surface area (Å²) in [6.45, 7) is 0. The monoisotopic (exact) mass is 387 g/mol. The fourth-order valence-electron chi connectivity index (χ4n) is 3.47. The summed E-state index contributed by atoms with van der Waals surface area (Å²) in [5, 5.41) is 2.49. The summed E-state index contributed by atoms with van der Waals surface area (Å²) in [5.74, 6) is 1.43. The number of hydrogen-bond donors (Lipinski definition) is 1. The zero-order valence-electron chi connectivity index (χ0n) is 14.9. The number of nitrogens with one attached hydrogen (secondary N) is 1. The van der Waals surface area contributed by atoms with Gasteiger partial charge in [-0.2, -0.15) is 0 Å². The van der Waals surface area contributed by atoms with Crippen molar-refractivity contribution in [1.29, 1.82) is 0 Å². The van der Waals surface area contributed by atoms with Crippen molar-refractivity contribution in [3.63, 3.8) is 0 Å². The third-order valence-electron chi connectivity index (χ3n) is 4.70. The number of benzene rings is 2. The second-order valence-electron chi connectivity index (χ2n) is 6.39. The van der Waals surface area contributed by atoms with E-state index in [4.69, 9.17) is 21.1 Å². The Balaban J connectivity index is 1.62. The van der Waals surface area contributed by atoms with Crippen molar-refractivity contribution in [1.82, 2.24) is 5.43 Å². The molecule has 1 aliphatic rings. The van der Waals surface area contributed by atoms with Crippen LogP contribution >= 0.6 is 12.2 Å². The zero-order chi connectivity index (χ0) is 18.9. The SMILES string of the molecule is S=C1NN(c2occc2-c2ccccc2)C(c2ccco2)N1c1ccccc1. The van der Waals surface area contributed by atoms with Crippen molar-refractivity contribution in [2.45, 2.75) is 6.17 Å². The van der Waals surface area contributed by atoms with E-state index in [2.05, 4.69) is 17.6 Å². The van der Waals surface area contributed by atoms with E-state index in [9.17, 15) is 0 Å². The summed E-state index contributed by atoms with van der Waals surface area (Å²) in [4.78, 5) is 2.02. The molecule has 3 heterocycles. The summed E-state index contributed by atoms with van der Waals surface area (Å²) in [6, 6.07) is 25.9. The molecule has 0 bridgehead atoms. The van der Waals surface area contributed by atoms with E-state index in [1.165, 1.54) is 0 Å². The highest BCUT2D eigenvalue weighted by atomic mass is 32.1. The van der Waals surface area contributed by atoms with Gasteiger partial charge in [-0.25, -0.2) is 5.01 Å². The van der Waals surface area contributed by atoms with Crippen LogP contribution in [0.15, 0.2) is 100 Å². The maximum Gasteiger partial charge on any atom is 0.224 e. The van der Waals surface area contributed by atoms with Crippen LogP contribution < -0.4 is 15.3 Å². The number of rotatable bonds is 4. The van der Waals surface area contributed by atoms with Crippen molar-refractivity contribution >= 4 is 28.9 Å². The normalized spacial score (nSPS) is 16.4. The molecule has 1 fully saturated rings. The van der Waals surface area contributed by atoms with Crippen LogP contribution in [0.4, 0.5) is 11.6 Å². The zero-order valence-corrected chi connectivity index (χ0v) is 15.7. The first-order valence-corrected chi connectivity index (χ1v) is 9.34. The fraction of sp³-hybridized carbons (Fsp3) is 0.0455. The van der Waals surface area contributed by atoms with E-state index in [1.54, 1.807) is 12.5 Å². The molecule has 1 saturated heterocycles. The van der Waals surface area contributed by atoms with Gasteiger partial charge in [0.05, 0.1) is 12.5 Å². The first kappa shape index (κ1) is 16.6. The predicted molar refractivity (Wildman–Crippen MR) is 113 cm³/mol. The Morgan fingerprint density at radius 2 is 1.54 bits per heavy atom. The Morgan fingerprint density at radius 1 is 0.786 bits per heavy atom. The van der Waals surface area contributed by atoms with E-state index >= 15 is 0 Å². The van der Waals surface area contributed by atoms with Crippen LogP contribution in [-0.4, -0.2) is 5.11 Å². The molecule has 0 saturated carbocycles. The van der Waals surface area contributed by atoms with Crippen molar-refractivity contribution in [2.24, 2.45) is 0 Å². The van der Waals surface area contributed by atoms with E-state index in [-0.39, 0.29) is 6.17 Å². The number of para-hydroxylation sites is 1. The second kappa shape index (κ2) is 6.90. The lowest BCUT2D eigenvalue weighted by atomic mass is 10.1. The van der Waals surface area contributed by atoms with Gasteiger partial charge in [0, 0.05) is 11.3 Å². The molecule has 2 aromatic carbocycles. The van der Waals surface area contributed by atoms with Crippen LogP contribution in [0.1, 0.15) is 11.9 Å². The highest BCUT2D eigenvalue weighted by Crippen LogP contribution is 2.41. The molecule has 1 aliphatic heterocycles. The largest absolute Gasteiger partial charge is 0.465 e. The molecule has 1 N–H and O–H groups in total. The fourth-order valence-corrected chi connectivity index (χ4v) is 3.77. The number of nitrogens with zero attached hydrogens (tertiary/aromatic N) is 2. The molecule has 0 spiro atoms. The molecule has 5 rings (SSSR count). The number of hydrazine groups is 1. The molecular formula is C22H17N3O2S. The first-order chi connectivity index (χ1) is 13.8. The standard InChI is InChI=1S/C22H17N3O2S/c28-22-23-25(21-18(13-15-27-21)16-8-3-1-4-9-16)20(19-12-7-14-26-19)24(22)17-10-5-2-6-11-17/h1-15,20H,(H,23,28). The molecule has 1 atom stereocenters. The van der Waals surface area contributed by atoms with Crippen LogP contribution in [0.25, 0.3) is 11.1 Å². The van der Waals surface area contributed by atoms with Gasteiger partial charge in [0.2, 0.25) is 5.88 Å². The lowest BCUT2D eigenvalue weighted by Crippen LogP contribution is -2.34. The third kappa shape index (κ3) is 2.75.